The number of carbonyl (C=O) groups excluding carboxylic acids is 1. The van der Waals surface area contributed by atoms with E-state index in [1.165, 1.54) is 0 Å². The standard InChI is InChI=1S/C16H19N3O3/c1-11-10-13(19(2)18-11)17-16(20)15-14(21-8-9-22-15)12-6-4-3-5-7-12/h3-7,10,14-15H,8-9H2,1-2H3,(H,17,20)/t14-,15-/m1/s1. The highest BCUT2D eigenvalue weighted by Crippen LogP contribution is 2.27. The van der Waals surface area contributed by atoms with E-state index in [1.54, 1.807) is 11.7 Å². The third-order valence-electron chi connectivity index (χ3n) is 3.59. The van der Waals surface area contributed by atoms with Crippen LogP contribution in [0.1, 0.15) is 17.4 Å². The predicted octanol–water partition coefficient (Wildman–Crippen LogP) is 1.82. The molecule has 1 N–H and O–H groups in total. The van der Waals surface area contributed by atoms with E-state index >= 15 is 0 Å². The van der Waals surface area contributed by atoms with Crippen LogP contribution >= 0.6 is 0 Å². The van der Waals surface area contributed by atoms with Gasteiger partial charge in [-0.1, -0.05) is 30.3 Å². The van der Waals surface area contributed by atoms with Crippen LogP contribution in [0.5, 0.6) is 0 Å². The molecule has 1 amide bonds. The average molecular weight is 301 g/mol. The van der Waals surface area contributed by atoms with Crippen molar-refractivity contribution < 1.29 is 14.3 Å². The second-order valence-electron chi connectivity index (χ2n) is 5.28. The van der Waals surface area contributed by atoms with Gasteiger partial charge in [0.05, 0.1) is 18.9 Å². The summed E-state index contributed by atoms with van der Waals surface area (Å²) < 4.78 is 13.1. The van der Waals surface area contributed by atoms with Gasteiger partial charge in [0, 0.05) is 13.1 Å². The molecule has 22 heavy (non-hydrogen) atoms. The molecule has 6 nitrogen and oxygen atoms in total. The molecule has 0 unspecified atom stereocenters. The molecule has 2 atom stereocenters. The molecular formula is C16H19N3O3. The molecule has 6 heteroatoms. The number of carbonyl (C=O) groups is 1. The molecule has 1 aromatic heterocycles. The summed E-state index contributed by atoms with van der Waals surface area (Å²) in [6, 6.07) is 11.5. The van der Waals surface area contributed by atoms with Crippen molar-refractivity contribution in [2.75, 3.05) is 18.5 Å². The molecule has 1 aromatic carbocycles. The minimum Gasteiger partial charge on any atom is -0.368 e. The largest absolute Gasteiger partial charge is 0.368 e. The molecular weight excluding hydrogens is 282 g/mol. The van der Waals surface area contributed by atoms with Crippen LogP contribution < -0.4 is 5.32 Å². The Bertz CT molecular complexity index is 654. The molecule has 1 fully saturated rings. The predicted molar refractivity (Wildman–Crippen MR) is 81.4 cm³/mol. The summed E-state index contributed by atoms with van der Waals surface area (Å²) in [5.41, 5.74) is 1.78. The Hall–Kier alpha value is -2.18. The van der Waals surface area contributed by atoms with Gasteiger partial charge in [0.15, 0.2) is 6.10 Å². The summed E-state index contributed by atoms with van der Waals surface area (Å²) in [7, 11) is 1.79. The monoisotopic (exact) mass is 301 g/mol. The van der Waals surface area contributed by atoms with Crippen molar-refractivity contribution in [2.45, 2.75) is 19.1 Å². The van der Waals surface area contributed by atoms with Crippen LogP contribution in [0.15, 0.2) is 36.4 Å². The van der Waals surface area contributed by atoms with Gasteiger partial charge < -0.3 is 14.8 Å². The van der Waals surface area contributed by atoms with Crippen molar-refractivity contribution in [1.29, 1.82) is 0 Å². The lowest BCUT2D eigenvalue weighted by Crippen LogP contribution is -2.41. The fourth-order valence-electron chi connectivity index (χ4n) is 2.58. The van der Waals surface area contributed by atoms with Crippen LogP contribution in [0.2, 0.25) is 0 Å². The number of benzene rings is 1. The number of ether oxygens (including phenoxy) is 2. The first kappa shape index (κ1) is 14.7. The summed E-state index contributed by atoms with van der Waals surface area (Å²) >= 11 is 0. The number of aromatic nitrogens is 2. The SMILES string of the molecule is Cc1cc(NC(=O)[C@@H]2OCCO[C@@H]2c2ccccc2)n(C)n1. The van der Waals surface area contributed by atoms with E-state index in [4.69, 9.17) is 9.47 Å². The zero-order valence-corrected chi connectivity index (χ0v) is 12.7. The third-order valence-corrected chi connectivity index (χ3v) is 3.59. The fourth-order valence-corrected chi connectivity index (χ4v) is 2.58. The van der Waals surface area contributed by atoms with Crippen molar-refractivity contribution in [1.82, 2.24) is 9.78 Å². The number of hydrogen-bond donors (Lipinski definition) is 1. The van der Waals surface area contributed by atoms with E-state index in [0.29, 0.717) is 19.0 Å². The lowest BCUT2D eigenvalue weighted by Gasteiger charge is -2.31. The lowest BCUT2D eigenvalue weighted by atomic mass is 10.0. The van der Waals surface area contributed by atoms with Gasteiger partial charge in [-0.2, -0.15) is 5.10 Å². The topological polar surface area (TPSA) is 65.4 Å². The van der Waals surface area contributed by atoms with Gasteiger partial charge in [-0.3, -0.25) is 9.48 Å². The first-order valence-corrected chi connectivity index (χ1v) is 7.25. The molecule has 2 heterocycles. The molecule has 0 bridgehead atoms. The molecule has 1 saturated heterocycles. The number of aryl methyl sites for hydroxylation is 2. The number of amides is 1. The van der Waals surface area contributed by atoms with Gasteiger partial charge in [-0.25, -0.2) is 0 Å². The van der Waals surface area contributed by atoms with Crippen LogP contribution in [0.4, 0.5) is 5.82 Å². The Kier molecular flexibility index (Phi) is 4.22. The highest BCUT2D eigenvalue weighted by atomic mass is 16.6. The Morgan fingerprint density at radius 1 is 1.27 bits per heavy atom. The van der Waals surface area contributed by atoms with Crippen LogP contribution in [0, 0.1) is 6.92 Å². The van der Waals surface area contributed by atoms with Crippen molar-refractivity contribution >= 4 is 11.7 Å². The number of hydrogen-bond acceptors (Lipinski definition) is 4. The smallest absolute Gasteiger partial charge is 0.257 e. The maximum atomic E-state index is 12.6. The first-order valence-electron chi connectivity index (χ1n) is 7.25. The number of nitrogens with one attached hydrogen (secondary N) is 1. The zero-order valence-electron chi connectivity index (χ0n) is 12.7. The van der Waals surface area contributed by atoms with Crippen molar-refractivity contribution in [2.24, 2.45) is 7.05 Å². The van der Waals surface area contributed by atoms with E-state index in [9.17, 15) is 4.79 Å². The highest BCUT2D eigenvalue weighted by molar-refractivity contribution is 5.94. The average Bonchev–Trinajstić information content (AvgIpc) is 2.85. The van der Waals surface area contributed by atoms with E-state index < -0.39 is 12.2 Å². The summed E-state index contributed by atoms with van der Waals surface area (Å²) in [4.78, 5) is 12.6. The maximum absolute atomic E-state index is 12.6. The van der Waals surface area contributed by atoms with Crippen molar-refractivity contribution in [3.05, 3.63) is 47.7 Å². The molecule has 0 radical (unpaired) electrons. The Labute approximate surface area is 129 Å². The number of anilines is 1. The molecule has 2 aromatic rings. The second-order valence-corrected chi connectivity index (χ2v) is 5.28. The van der Waals surface area contributed by atoms with Gasteiger partial charge >= 0.3 is 0 Å². The zero-order chi connectivity index (χ0) is 15.5. The van der Waals surface area contributed by atoms with E-state index in [2.05, 4.69) is 10.4 Å². The minimum atomic E-state index is -0.675. The summed E-state index contributed by atoms with van der Waals surface area (Å²) in [5, 5.41) is 7.07. The molecule has 1 aliphatic rings. The Balaban J connectivity index is 1.78. The van der Waals surface area contributed by atoms with E-state index in [0.717, 1.165) is 11.3 Å². The normalized spacial score (nSPS) is 21.5. The summed E-state index contributed by atoms with van der Waals surface area (Å²) in [5.74, 6) is 0.417. The second kappa shape index (κ2) is 6.29. The molecule has 0 spiro atoms. The third kappa shape index (κ3) is 3.03. The van der Waals surface area contributed by atoms with E-state index in [-0.39, 0.29) is 5.91 Å². The Morgan fingerprint density at radius 3 is 2.68 bits per heavy atom. The summed E-state index contributed by atoms with van der Waals surface area (Å²) in [6.45, 7) is 2.77. The quantitative estimate of drug-likeness (QED) is 0.939. The van der Waals surface area contributed by atoms with Crippen LogP contribution in [0.3, 0.4) is 0 Å². The Morgan fingerprint density at radius 2 is 2.00 bits per heavy atom. The van der Waals surface area contributed by atoms with Crippen LogP contribution in [0.25, 0.3) is 0 Å². The number of rotatable bonds is 3. The van der Waals surface area contributed by atoms with Gasteiger partial charge in [0.2, 0.25) is 0 Å². The van der Waals surface area contributed by atoms with Gasteiger partial charge in [-0.05, 0) is 12.5 Å². The molecule has 116 valence electrons. The molecule has 0 saturated carbocycles. The fraction of sp³-hybridized carbons (Fsp3) is 0.375. The van der Waals surface area contributed by atoms with Gasteiger partial charge in [0.1, 0.15) is 11.9 Å². The van der Waals surface area contributed by atoms with Crippen molar-refractivity contribution in [3.63, 3.8) is 0 Å². The van der Waals surface area contributed by atoms with Gasteiger partial charge in [-0.15, -0.1) is 0 Å². The first-order chi connectivity index (χ1) is 10.6. The van der Waals surface area contributed by atoms with Crippen LogP contribution in [-0.4, -0.2) is 35.0 Å². The highest BCUT2D eigenvalue weighted by Gasteiger charge is 2.34. The maximum Gasteiger partial charge on any atom is 0.257 e. The van der Waals surface area contributed by atoms with E-state index in [1.807, 2.05) is 43.3 Å². The molecule has 0 aliphatic carbocycles. The van der Waals surface area contributed by atoms with Crippen LogP contribution in [-0.2, 0) is 21.3 Å². The minimum absolute atomic E-state index is 0.225. The summed E-state index contributed by atoms with van der Waals surface area (Å²) in [6.07, 6.45) is -1.07. The molecule has 1 aliphatic heterocycles. The lowest BCUT2D eigenvalue weighted by molar-refractivity contribution is -0.162. The molecule has 3 rings (SSSR count). The van der Waals surface area contributed by atoms with Gasteiger partial charge in [0.25, 0.3) is 5.91 Å². The van der Waals surface area contributed by atoms with Crippen molar-refractivity contribution in [3.8, 4) is 0 Å². The number of nitrogens with zero attached hydrogens (tertiary/aromatic N) is 2.